The van der Waals surface area contributed by atoms with E-state index in [1.807, 2.05) is 0 Å². The molecule has 0 N–H and O–H groups in total. The van der Waals surface area contributed by atoms with Crippen LogP contribution in [-0.4, -0.2) is 17.7 Å². The first-order chi connectivity index (χ1) is 7.70. The summed E-state index contributed by atoms with van der Waals surface area (Å²) in [4.78, 5) is 9.86. The normalized spacial score (nSPS) is 11.4. The quantitative estimate of drug-likeness (QED) is 0.623. The van der Waals surface area contributed by atoms with Crippen molar-refractivity contribution in [3.05, 3.63) is 32.8 Å². The van der Waals surface area contributed by atoms with Crippen LogP contribution >= 0.6 is 11.6 Å². The molecule has 0 spiro atoms. The van der Waals surface area contributed by atoms with E-state index in [9.17, 15) is 23.3 Å². The summed E-state index contributed by atoms with van der Waals surface area (Å²) in [5, 5.41) is 10.3. The van der Waals surface area contributed by atoms with Gasteiger partial charge in [-0.3, -0.25) is 10.1 Å². The van der Waals surface area contributed by atoms with Crippen molar-refractivity contribution in [1.29, 1.82) is 0 Å². The molecule has 0 saturated heterocycles. The van der Waals surface area contributed by atoms with Gasteiger partial charge in [-0.15, -0.1) is 0 Å². The summed E-state index contributed by atoms with van der Waals surface area (Å²) < 4.78 is 40.2. The first-order valence-corrected chi connectivity index (χ1v) is 4.72. The lowest BCUT2D eigenvalue weighted by Crippen LogP contribution is -2.19. The third-order valence-corrected chi connectivity index (χ3v) is 2.13. The van der Waals surface area contributed by atoms with Gasteiger partial charge >= 0.3 is 6.18 Å². The number of ether oxygens (including phenoxy) is 1. The van der Waals surface area contributed by atoms with Gasteiger partial charge in [0.1, 0.15) is 5.75 Å². The third kappa shape index (κ3) is 3.77. The van der Waals surface area contributed by atoms with E-state index in [1.165, 1.54) is 6.92 Å². The van der Waals surface area contributed by atoms with Gasteiger partial charge in [-0.2, -0.15) is 13.2 Å². The minimum absolute atomic E-state index is 0.177. The van der Waals surface area contributed by atoms with E-state index < -0.39 is 17.7 Å². The van der Waals surface area contributed by atoms with Gasteiger partial charge < -0.3 is 4.74 Å². The zero-order valence-corrected chi connectivity index (χ0v) is 9.30. The first kappa shape index (κ1) is 13.6. The molecule has 1 rings (SSSR count). The van der Waals surface area contributed by atoms with Crippen molar-refractivity contribution < 1.29 is 22.8 Å². The van der Waals surface area contributed by atoms with Gasteiger partial charge in [0.25, 0.3) is 5.69 Å². The van der Waals surface area contributed by atoms with E-state index in [0.717, 1.165) is 12.1 Å². The lowest BCUT2D eigenvalue weighted by molar-refractivity contribution is -0.385. The Kier molecular flexibility index (Phi) is 3.82. The molecule has 8 heteroatoms. The summed E-state index contributed by atoms with van der Waals surface area (Å²) in [6.07, 6.45) is -4.49. The van der Waals surface area contributed by atoms with Crippen LogP contribution in [0.4, 0.5) is 18.9 Å². The lowest BCUT2D eigenvalue weighted by atomic mass is 10.2. The van der Waals surface area contributed by atoms with Crippen LogP contribution in [0.15, 0.2) is 12.1 Å². The van der Waals surface area contributed by atoms with Gasteiger partial charge in [-0.25, -0.2) is 0 Å². The highest BCUT2D eigenvalue weighted by atomic mass is 35.5. The summed E-state index contributed by atoms with van der Waals surface area (Å²) in [5.41, 5.74) is -0.0917. The molecule has 17 heavy (non-hydrogen) atoms. The van der Waals surface area contributed by atoms with Gasteiger partial charge in [0.2, 0.25) is 0 Å². The molecule has 0 amide bonds. The Morgan fingerprint density at radius 3 is 2.53 bits per heavy atom. The molecule has 0 fully saturated rings. The van der Waals surface area contributed by atoms with Crippen molar-refractivity contribution in [2.45, 2.75) is 13.1 Å². The second-order valence-electron chi connectivity index (χ2n) is 3.23. The highest BCUT2D eigenvalue weighted by molar-refractivity contribution is 6.32. The molecule has 94 valence electrons. The van der Waals surface area contributed by atoms with Crippen LogP contribution in [0.3, 0.4) is 0 Å². The fourth-order valence-corrected chi connectivity index (χ4v) is 1.32. The number of halogens is 4. The highest BCUT2D eigenvalue weighted by Gasteiger charge is 2.29. The van der Waals surface area contributed by atoms with Crippen LogP contribution in [0, 0.1) is 17.0 Å². The van der Waals surface area contributed by atoms with Crippen LogP contribution in [-0.2, 0) is 0 Å². The molecule has 0 heterocycles. The maximum atomic E-state index is 11.9. The summed E-state index contributed by atoms with van der Waals surface area (Å²) in [5.74, 6) is -0.230. The standard InChI is InChI=1S/C9H7ClF3NO3/c1-5-2-8(17-4-9(11,12)13)6(10)3-7(5)14(15)16/h2-3H,4H2,1H3. The summed E-state index contributed by atoms with van der Waals surface area (Å²) in [7, 11) is 0. The predicted molar refractivity (Wildman–Crippen MR) is 54.4 cm³/mol. The minimum Gasteiger partial charge on any atom is -0.483 e. The van der Waals surface area contributed by atoms with E-state index in [-0.39, 0.29) is 22.0 Å². The molecular formula is C9H7ClF3NO3. The fourth-order valence-electron chi connectivity index (χ4n) is 1.11. The first-order valence-electron chi connectivity index (χ1n) is 4.35. The number of alkyl halides is 3. The maximum Gasteiger partial charge on any atom is 0.422 e. The van der Waals surface area contributed by atoms with E-state index in [4.69, 9.17) is 11.6 Å². The fraction of sp³-hybridized carbons (Fsp3) is 0.333. The number of rotatable bonds is 3. The van der Waals surface area contributed by atoms with E-state index in [2.05, 4.69) is 4.74 Å². The second-order valence-corrected chi connectivity index (χ2v) is 3.64. The average molecular weight is 270 g/mol. The summed E-state index contributed by atoms with van der Waals surface area (Å²) >= 11 is 5.58. The van der Waals surface area contributed by atoms with Crippen LogP contribution in [0.1, 0.15) is 5.56 Å². The Labute approximate surface area is 99.1 Å². The average Bonchev–Trinajstić information content (AvgIpc) is 2.17. The Hall–Kier alpha value is -1.50. The molecule has 0 saturated carbocycles. The lowest BCUT2D eigenvalue weighted by Gasteiger charge is -2.11. The molecule has 4 nitrogen and oxygen atoms in total. The monoisotopic (exact) mass is 269 g/mol. The molecule has 1 aromatic carbocycles. The molecule has 0 radical (unpaired) electrons. The van der Waals surface area contributed by atoms with Crippen molar-refractivity contribution in [3.63, 3.8) is 0 Å². The number of aryl methyl sites for hydroxylation is 1. The molecule has 0 aromatic heterocycles. The van der Waals surface area contributed by atoms with Crippen molar-refractivity contribution in [2.75, 3.05) is 6.61 Å². The van der Waals surface area contributed by atoms with E-state index in [0.29, 0.717) is 0 Å². The summed E-state index contributed by atoms with van der Waals surface area (Å²) in [6, 6.07) is 2.06. The molecule has 0 unspecified atom stereocenters. The van der Waals surface area contributed by atoms with Gasteiger partial charge in [0.15, 0.2) is 6.61 Å². The topological polar surface area (TPSA) is 52.4 Å². The molecule has 0 bridgehead atoms. The van der Waals surface area contributed by atoms with Crippen LogP contribution < -0.4 is 4.74 Å². The number of hydrogen-bond acceptors (Lipinski definition) is 3. The SMILES string of the molecule is Cc1cc(OCC(F)(F)F)c(Cl)cc1[N+](=O)[O-]. The maximum absolute atomic E-state index is 11.9. The third-order valence-electron chi connectivity index (χ3n) is 1.84. The predicted octanol–water partition coefficient (Wildman–Crippen LogP) is 3.50. The van der Waals surface area contributed by atoms with Crippen LogP contribution in [0.2, 0.25) is 5.02 Å². The molecular weight excluding hydrogens is 263 g/mol. The van der Waals surface area contributed by atoms with Gasteiger partial charge in [-0.1, -0.05) is 11.6 Å². The number of hydrogen-bond donors (Lipinski definition) is 0. The smallest absolute Gasteiger partial charge is 0.422 e. The molecule has 1 aromatic rings. The minimum atomic E-state index is -4.49. The van der Waals surface area contributed by atoms with Crippen molar-refractivity contribution in [1.82, 2.24) is 0 Å². The summed E-state index contributed by atoms with van der Waals surface area (Å²) in [6.45, 7) is -0.112. The van der Waals surface area contributed by atoms with Gasteiger partial charge in [-0.05, 0) is 13.0 Å². The molecule has 0 aliphatic rings. The number of nitro groups is 1. The van der Waals surface area contributed by atoms with Gasteiger partial charge in [0.05, 0.1) is 9.95 Å². The van der Waals surface area contributed by atoms with Crippen LogP contribution in [0.5, 0.6) is 5.75 Å². The second kappa shape index (κ2) is 4.79. The highest BCUT2D eigenvalue weighted by Crippen LogP contribution is 2.32. The van der Waals surface area contributed by atoms with E-state index in [1.54, 1.807) is 0 Å². The van der Waals surface area contributed by atoms with Gasteiger partial charge in [0, 0.05) is 11.6 Å². The number of nitrogens with zero attached hydrogens (tertiary/aromatic N) is 1. The van der Waals surface area contributed by atoms with Crippen LogP contribution in [0.25, 0.3) is 0 Å². The largest absolute Gasteiger partial charge is 0.483 e. The van der Waals surface area contributed by atoms with Crippen molar-refractivity contribution in [3.8, 4) is 5.75 Å². The Morgan fingerprint density at radius 2 is 2.06 bits per heavy atom. The zero-order valence-electron chi connectivity index (χ0n) is 8.55. The zero-order chi connectivity index (χ0) is 13.2. The molecule has 0 atom stereocenters. The Morgan fingerprint density at radius 1 is 1.47 bits per heavy atom. The van der Waals surface area contributed by atoms with Crippen molar-refractivity contribution >= 4 is 17.3 Å². The number of benzene rings is 1. The van der Waals surface area contributed by atoms with E-state index >= 15 is 0 Å². The number of nitro benzene ring substituents is 1. The Bertz CT molecular complexity index is 448. The van der Waals surface area contributed by atoms with Crippen molar-refractivity contribution in [2.24, 2.45) is 0 Å². The Balaban J connectivity index is 2.96. The molecule has 0 aliphatic carbocycles. The molecule has 0 aliphatic heterocycles.